The Bertz CT molecular complexity index is 358. The number of amides is 1. The molecule has 82 valence electrons. The molecule has 0 spiro atoms. The van der Waals surface area contributed by atoms with E-state index >= 15 is 0 Å². The van der Waals surface area contributed by atoms with Gasteiger partial charge in [0.05, 0.1) is 5.69 Å². The second-order valence-electron chi connectivity index (χ2n) is 4.11. The number of benzene rings is 1. The summed E-state index contributed by atoms with van der Waals surface area (Å²) in [7, 11) is 0. The molecular formula is C11H14BrNO2. The van der Waals surface area contributed by atoms with E-state index < -0.39 is 11.7 Å². The number of hydrogen-bond acceptors (Lipinski definition) is 2. The topological polar surface area (TPSA) is 38.3 Å². The van der Waals surface area contributed by atoms with Crippen LogP contribution < -0.4 is 5.32 Å². The van der Waals surface area contributed by atoms with Crippen molar-refractivity contribution in [2.24, 2.45) is 0 Å². The van der Waals surface area contributed by atoms with Crippen LogP contribution in [-0.4, -0.2) is 11.7 Å². The number of ether oxygens (including phenoxy) is 1. The quantitative estimate of drug-likeness (QED) is 0.844. The highest BCUT2D eigenvalue weighted by Gasteiger charge is 2.16. The van der Waals surface area contributed by atoms with Gasteiger partial charge >= 0.3 is 6.09 Å². The fraction of sp³-hybridized carbons (Fsp3) is 0.364. The molecule has 0 unspecified atom stereocenters. The van der Waals surface area contributed by atoms with Gasteiger partial charge in [0.15, 0.2) is 0 Å². The number of anilines is 1. The Hall–Kier alpha value is -1.03. The molecule has 1 aromatic carbocycles. The molecule has 0 aliphatic rings. The summed E-state index contributed by atoms with van der Waals surface area (Å²) in [5.41, 5.74) is 0.220. The van der Waals surface area contributed by atoms with Gasteiger partial charge in [0.25, 0.3) is 0 Å². The standard InChI is InChI=1S/C11H14BrNO2/c1-11(2,3)15-10(14)13-9-7-5-4-6-8(9)12/h4-7H,1-3H3,(H,13,14). The van der Waals surface area contributed by atoms with E-state index in [0.717, 1.165) is 4.47 Å². The Kier molecular flexibility index (Phi) is 3.74. The smallest absolute Gasteiger partial charge is 0.412 e. The Labute approximate surface area is 97.9 Å². The second-order valence-corrected chi connectivity index (χ2v) is 4.96. The molecule has 4 heteroatoms. The van der Waals surface area contributed by atoms with Gasteiger partial charge in [0.2, 0.25) is 0 Å². The van der Waals surface area contributed by atoms with Crippen molar-refractivity contribution >= 4 is 27.7 Å². The highest BCUT2D eigenvalue weighted by atomic mass is 79.9. The first-order valence-electron chi connectivity index (χ1n) is 4.63. The number of para-hydroxylation sites is 1. The lowest BCUT2D eigenvalue weighted by Crippen LogP contribution is -2.27. The molecule has 1 aromatic rings. The lowest BCUT2D eigenvalue weighted by molar-refractivity contribution is 0.0636. The van der Waals surface area contributed by atoms with Gasteiger partial charge in [-0.1, -0.05) is 12.1 Å². The van der Waals surface area contributed by atoms with Crippen molar-refractivity contribution in [2.75, 3.05) is 5.32 Å². The first-order valence-corrected chi connectivity index (χ1v) is 5.42. The summed E-state index contributed by atoms with van der Waals surface area (Å²) < 4.78 is 5.96. The molecule has 0 fully saturated rings. The summed E-state index contributed by atoms with van der Waals surface area (Å²) in [5.74, 6) is 0. The SMILES string of the molecule is CC(C)(C)OC(=O)Nc1ccccc1Br. The Morgan fingerprint density at radius 2 is 1.93 bits per heavy atom. The van der Waals surface area contributed by atoms with E-state index in [2.05, 4.69) is 21.2 Å². The summed E-state index contributed by atoms with van der Waals surface area (Å²) in [6.45, 7) is 5.48. The van der Waals surface area contributed by atoms with Gasteiger partial charge < -0.3 is 4.74 Å². The average molecular weight is 272 g/mol. The minimum atomic E-state index is -0.481. The van der Waals surface area contributed by atoms with E-state index in [4.69, 9.17) is 4.74 Å². The van der Waals surface area contributed by atoms with Gasteiger partial charge in [-0.2, -0.15) is 0 Å². The normalized spacial score (nSPS) is 10.9. The van der Waals surface area contributed by atoms with Crippen molar-refractivity contribution in [3.05, 3.63) is 28.7 Å². The molecule has 0 aliphatic heterocycles. The molecule has 15 heavy (non-hydrogen) atoms. The van der Waals surface area contributed by atoms with E-state index in [1.807, 2.05) is 39.0 Å². The third-order valence-corrected chi connectivity index (χ3v) is 2.20. The zero-order valence-electron chi connectivity index (χ0n) is 9.00. The average Bonchev–Trinajstić information content (AvgIpc) is 2.05. The Morgan fingerprint density at radius 1 is 1.33 bits per heavy atom. The minimum absolute atomic E-state index is 0.450. The molecule has 0 aliphatic carbocycles. The van der Waals surface area contributed by atoms with Crippen LogP contribution in [0.1, 0.15) is 20.8 Å². The van der Waals surface area contributed by atoms with Gasteiger partial charge in [-0.15, -0.1) is 0 Å². The number of halogens is 1. The fourth-order valence-electron chi connectivity index (χ4n) is 0.976. The van der Waals surface area contributed by atoms with E-state index in [1.165, 1.54) is 0 Å². The number of nitrogens with one attached hydrogen (secondary N) is 1. The summed E-state index contributed by atoms with van der Waals surface area (Å²) in [5, 5.41) is 2.66. The first-order chi connectivity index (χ1) is 6.88. The van der Waals surface area contributed by atoms with Crippen molar-refractivity contribution in [1.82, 2.24) is 0 Å². The number of hydrogen-bond donors (Lipinski definition) is 1. The van der Waals surface area contributed by atoms with Crippen molar-refractivity contribution in [3.63, 3.8) is 0 Å². The summed E-state index contributed by atoms with van der Waals surface area (Å²) >= 11 is 3.33. The first kappa shape index (κ1) is 12.0. The lowest BCUT2D eigenvalue weighted by Gasteiger charge is -2.19. The van der Waals surface area contributed by atoms with Gasteiger partial charge in [-0.25, -0.2) is 4.79 Å². The maximum Gasteiger partial charge on any atom is 0.412 e. The number of carbonyl (C=O) groups excluding carboxylic acids is 1. The van der Waals surface area contributed by atoms with Gasteiger partial charge in [-0.05, 0) is 48.8 Å². The molecule has 0 bridgehead atoms. The Balaban J connectivity index is 2.64. The van der Waals surface area contributed by atoms with Crippen LogP contribution in [0.2, 0.25) is 0 Å². The Morgan fingerprint density at radius 3 is 2.47 bits per heavy atom. The van der Waals surface area contributed by atoms with Crippen LogP contribution in [0.15, 0.2) is 28.7 Å². The van der Waals surface area contributed by atoms with Gasteiger partial charge in [0.1, 0.15) is 5.60 Å². The van der Waals surface area contributed by atoms with Gasteiger partial charge in [0, 0.05) is 4.47 Å². The van der Waals surface area contributed by atoms with Crippen LogP contribution in [-0.2, 0) is 4.74 Å². The molecule has 0 atom stereocenters. The molecule has 1 rings (SSSR count). The molecular weight excluding hydrogens is 258 g/mol. The van der Waals surface area contributed by atoms with Crippen LogP contribution in [0.5, 0.6) is 0 Å². The number of carbonyl (C=O) groups is 1. The van der Waals surface area contributed by atoms with E-state index in [0.29, 0.717) is 5.69 Å². The molecule has 0 saturated heterocycles. The molecule has 0 radical (unpaired) electrons. The lowest BCUT2D eigenvalue weighted by atomic mass is 10.2. The fourth-order valence-corrected chi connectivity index (χ4v) is 1.36. The molecule has 0 saturated carbocycles. The predicted octanol–water partition coefficient (Wildman–Crippen LogP) is 3.80. The van der Waals surface area contributed by atoms with E-state index in [1.54, 1.807) is 6.07 Å². The van der Waals surface area contributed by atoms with Crippen LogP contribution >= 0.6 is 15.9 Å². The minimum Gasteiger partial charge on any atom is -0.444 e. The summed E-state index contributed by atoms with van der Waals surface area (Å²) in [6, 6.07) is 7.38. The highest BCUT2D eigenvalue weighted by molar-refractivity contribution is 9.10. The van der Waals surface area contributed by atoms with Crippen LogP contribution in [0.25, 0.3) is 0 Å². The maximum atomic E-state index is 11.4. The maximum absolute atomic E-state index is 11.4. The van der Waals surface area contributed by atoms with Crippen LogP contribution in [0.4, 0.5) is 10.5 Å². The zero-order valence-corrected chi connectivity index (χ0v) is 10.6. The molecule has 0 heterocycles. The van der Waals surface area contributed by atoms with Crippen LogP contribution in [0, 0.1) is 0 Å². The largest absolute Gasteiger partial charge is 0.444 e. The summed E-state index contributed by atoms with van der Waals surface area (Å²) in [6.07, 6.45) is -0.450. The predicted molar refractivity (Wildman–Crippen MR) is 64.0 cm³/mol. The van der Waals surface area contributed by atoms with Crippen molar-refractivity contribution in [2.45, 2.75) is 26.4 Å². The molecule has 1 N–H and O–H groups in total. The van der Waals surface area contributed by atoms with Crippen LogP contribution in [0.3, 0.4) is 0 Å². The van der Waals surface area contributed by atoms with Crippen molar-refractivity contribution in [1.29, 1.82) is 0 Å². The summed E-state index contributed by atoms with van der Waals surface area (Å²) in [4.78, 5) is 11.4. The third kappa shape index (κ3) is 4.34. The molecule has 1 amide bonds. The van der Waals surface area contributed by atoms with Gasteiger partial charge in [-0.3, -0.25) is 5.32 Å². The zero-order chi connectivity index (χ0) is 11.5. The van der Waals surface area contributed by atoms with Crippen molar-refractivity contribution < 1.29 is 9.53 Å². The van der Waals surface area contributed by atoms with E-state index in [9.17, 15) is 4.79 Å². The van der Waals surface area contributed by atoms with Crippen molar-refractivity contribution in [3.8, 4) is 0 Å². The molecule has 0 aromatic heterocycles. The van der Waals surface area contributed by atoms with E-state index in [-0.39, 0.29) is 0 Å². The molecule has 3 nitrogen and oxygen atoms in total. The third-order valence-electron chi connectivity index (χ3n) is 1.51. The highest BCUT2D eigenvalue weighted by Crippen LogP contribution is 2.21. The monoisotopic (exact) mass is 271 g/mol. The number of rotatable bonds is 1. The second kappa shape index (κ2) is 4.66.